The van der Waals surface area contributed by atoms with Gasteiger partial charge in [0, 0.05) is 32.7 Å². The van der Waals surface area contributed by atoms with Gasteiger partial charge < -0.3 is 20.3 Å². The van der Waals surface area contributed by atoms with Crippen LogP contribution < -0.4 is 10.6 Å². The van der Waals surface area contributed by atoms with Gasteiger partial charge in [-0.3, -0.25) is 4.79 Å². The van der Waals surface area contributed by atoms with Crippen LogP contribution in [0.1, 0.15) is 32.6 Å². The van der Waals surface area contributed by atoms with Crippen LogP contribution in [0.4, 0.5) is 0 Å². The van der Waals surface area contributed by atoms with E-state index in [1.165, 1.54) is 38.9 Å². The Balaban J connectivity index is 2.00. The standard InChI is InChI=1S/C14H29N3O2/c1-3-9-17-10-5-13(6-11-17)15-7-4-14(18)16-8-12-19-2/h13,15H,3-12H2,1-2H3,(H,16,18). The minimum Gasteiger partial charge on any atom is -0.383 e. The number of amides is 1. The molecule has 0 unspecified atom stereocenters. The van der Waals surface area contributed by atoms with E-state index in [0.717, 1.165) is 6.54 Å². The molecule has 0 atom stereocenters. The summed E-state index contributed by atoms with van der Waals surface area (Å²) < 4.78 is 4.89. The first-order valence-electron chi connectivity index (χ1n) is 7.47. The van der Waals surface area contributed by atoms with Crippen molar-refractivity contribution in [3.8, 4) is 0 Å². The first-order chi connectivity index (χ1) is 9.26. The number of nitrogens with one attached hydrogen (secondary N) is 2. The number of rotatable bonds is 9. The van der Waals surface area contributed by atoms with Crippen molar-refractivity contribution < 1.29 is 9.53 Å². The van der Waals surface area contributed by atoms with E-state index in [4.69, 9.17) is 4.74 Å². The molecule has 1 amide bonds. The quantitative estimate of drug-likeness (QED) is 0.603. The molecule has 0 aromatic rings. The van der Waals surface area contributed by atoms with Gasteiger partial charge in [-0.05, 0) is 38.9 Å². The van der Waals surface area contributed by atoms with E-state index in [9.17, 15) is 4.79 Å². The van der Waals surface area contributed by atoms with Crippen molar-refractivity contribution >= 4 is 5.91 Å². The van der Waals surface area contributed by atoms with Crippen LogP contribution in [0, 0.1) is 0 Å². The Kier molecular flexibility index (Phi) is 8.79. The van der Waals surface area contributed by atoms with E-state index in [2.05, 4.69) is 22.5 Å². The van der Waals surface area contributed by atoms with Crippen LogP contribution in [0.2, 0.25) is 0 Å². The van der Waals surface area contributed by atoms with Gasteiger partial charge in [-0.25, -0.2) is 0 Å². The second-order valence-electron chi connectivity index (χ2n) is 5.16. The summed E-state index contributed by atoms with van der Waals surface area (Å²) in [6.07, 6.45) is 4.19. The van der Waals surface area contributed by atoms with E-state index in [-0.39, 0.29) is 5.91 Å². The molecule has 0 aromatic heterocycles. The van der Waals surface area contributed by atoms with Crippen LogP contribution in [0.3, 0.4) is 0 Å². The van der Waals surface area contributed by atoms with Crippen molar-refractivity contribution in [1.29, 1.82) is 0 Å². The van der Waals surface area contributed by atoms with Crippen LogP contribution in [0.25, 0.3) is 0 Å². The average molecular weight is 271 g/mol. The normalized spacial score (nSPS) is 17.6. The van der Waals surface area contributed by atoms with Gasteiger partial charge in [0.1, 0.15) is 0 Å². The lowest BCUT2D eigenvalue weighted by Crippen LogP contribution is -2.43. The zero-order valence-electron chi connectivity index (χ0n) is 12.4. The summed E-state index contributed by atoms with van der Waals surface area (Å²) in [6, 6.07) is 0.583. The van der Waals surface area contributed by atoms with Gasteiger partial charge in [0.05, 0.1) is 6.61 Å². The number of likely N-dealkylation sites (tertiary alicyclic amines) is 1. The Morgan fingerprint density at radius 3 is 2.68 bits per heavy atom. The third-order valence-electron chi connectivity index (χ3n) is 3.54. The number of carbonyl (C=O) groups excluding carboxylic acids is 1. The van der Waals surface area contributed by atoms with Gasteiger partial charge in [-0.2, -0.15) is 0 Å². The number of ether oxygens (including phenoxy) is 1. The van der Waals surface area contributed by atoms with Crippen LogP contribution in [0.15, 0.2) is 0 Å². The lowest BCUT2D eigenvalue weighted by Gasteiger charge is -2.32. The number of nitrogens with zero attached hydrogens (tertiary/aromatic N) is 1. The topological polar surface area (TPSA) is 53.6 Å². The molecule has 19 heavy (non-hydrogen) atoms. The highest BCUT2D eigenvalue weighted by molar-refractivity contribution is 5.76. The van der Waals surface area contributed by atoms with E-state index in [1.807, 2.05) is 0 Å². The van der Waals surface area contributed by atoms with Gasteiger partial charge in [0.15, 0.2) is 0 Å². The Bertz CT molecular complexity index is 241. The van der Waals surface area contributed by atoms with Crippen LogP contribution in [-0.4, -0.2) is 63.3 Å². The molecule has 5 heteroatoms. The summed E-state index contributed by atoms with van der Waals surface area (Å²) in [5, 5.41) is 6.32. The fourth-order valence-corrected chi connectivity index (χ4v) is 2.45. The summed E-state index contributed by atoms with van der Waals surface area (Å²) in [4.78, 5) is 14.0. The van der Waals surface area contributed by atoms with Crippen molar-refractivity contribution in [3.63, 3.8) is 0 Å². The molecule has 1 fully saturated rings. The predicted molar refractivity (Wildman–Crippen MR) is 77.3 cm³/mol. The molecule has 1 heterocycles. The SMILES string of the molecule is CCCN1CCC(NCCC(=O)NCCOC)CC1. The number of piperidine rings is 1. The van der Waals surface area contributed by atoms with Crippen LogP contribution in [0.5, 0.6) is 0 Å². The van der Waals surface area contributed by atoms with Gasteiger partial charge >= 0.3 is 0 Å². The molecular weight excluding hydrogens is 242 g/mol. The third kappa shape index (κ3) is 7.50. The zero-order valence-corrected chi connectivity index (χ0v) is 12.4. The smallest absolute Gasteiger partial charge is 0.221 e. The van der Waals surface area contributed by atoms with Gasteiger partial charge in [-0.15, -0.1) is 0 Å². The lowest BCUT2D eigenvalue weighted by molar-refractivity contribution is -0.121. The maximum atomic E-state index is 11.5. The highest BCUT2D eigenvalue weighted by Crippen LogP contribution is 2.10. The molecule has 0 aromatic carbocycles. The molecule has 1 rings (SSSR count). The van der Waals surface area contributed by atoms with E-state index < -0.39 is 0 Å². The Morgan fingerprint density at radius 2 is 2.05 bits per heavy atom. The van der Waals surface area contributed by atoms with Crippen molar-refractivity contribution in [2.24, 2.45) is 0 Å². The van der Waals surface area contributed by atoms with E-state index in [1.54, 1.807) is 7.11 Å². The average Bonchev–Trinajstić information content (AvgIpc) is 2.41. The third-order valence-corrected chi connectivity index (χ3v) is 3.54. The van der Waals surface area contributed by atoms with E-state index in [0.29, 0.717) is 25.6 Å². The minimum absolute atomic E-state index is 0.105. The molecule has 0 saturated carbocycles. The number of methoxy groups -OCH3 is 1. The lowest BCUT2D eigenvalue weighted by atomic mass is 10.0. The molecule has 0 radical (unpaired) electrons. The highest BCUT2D eigenvalue weighted by Gasteiger charge is 2.17. The van der Waals surface area contributed by atoms with Crippen molar-refractivity contribution in [2.75, 3.05) is 46.4 Å². The Morgan fingerprint density at radius 1 is 1.32 bits per heavy atom. The molecule has 5 nitrogen and oxygen atoms in total. The fraction of sp³-hybridized carbons (Fsp3) is 0.929. The number of carbonyl (C=O) groups is 1. The molecule has 112 valence electrons. The Labute approximate surface area is 117 Å². The number of hydrogen-bond donors (Lipinski definition) is 2. The maximum Gasteiger partial charge on any atom is 0.221 e. The molecule has 0 spiro atoms. The largest absolute Gasteiger partial charge is 0.383 e. The second-order valence-corrected chi connectivity index (χ2v) is 5.16. The Hall–Kier alpha value is -0.650. The fourth-order valence-electron chi connectivity index (χ4n) is 2.45. The zero-order chi connectivity index (χ0) is 13.9. The highest BCUT2D eigenvalue weighted by atomic mass is 16.5. The van der Waals surface area contributed by atoms with Gasteiger partial charge in [0.2, 0.25) is 5.91 Å². The molecule has 1 aliphatic heterocycles. The summed E-state index contributed by atoms with van der Waals surface area (Å²) in [5.74, 6) is 0.105. The van der Waals surface area contributed by atoms with Crippen molar-refractivity contribution in [1.82, 2.24) is 15.5 Å². The van der Waals surface area contributed by atoms with Crippen LogP contribution >= 0.6 is 0 Å². The first-order valence-corrected chi connectivity index (χ1v) is 7.47. The molecule has 1 saturated heterocycles. The first kappa shape index (κ1) is 16.4. The summed E-state index contributed by atoms with van der Waals surface area (Å²) in [7, 11) is 1.64. The molecular formula is C14H29N3O2. The van der Waals surface area contributed by atoms with Crippen molar-refractivity contribution in [2.45, 2.75) is 38.6 Å². The van der Waals surface area contributed by atoms with Gasteiger partial charge in [0.25, 0.3) is 0 Å². The van der Waals surface area contributed by atoms with Crippen LogP contribution in [-0.2, 0) is 9.53 Å². The molecule has 2 N–H and O–H groups in total. The molecule has 0 bridgehead atoms. The predicted octanol–water partition coefficient (Wildman–Crippen LogP) is 0.603. The monoisotopic (exact) mass is 271 g/mol. The number of hydrogen-bond acceptors (Lipinski definition) is 4. The summed E-state index contributed by atoms with van der Waals surface area (Å²) >= 11 is 0. The van der Waals surface area contributed by atoms with Gasteiger partial charge in [-0.1, -0.05) is 6.92 Å². The summed E-state index contributed by atoms with van der Waals surface area (Å²) in [6.45, 7) is 7.77. The minimum atomic E-state index is 0.105. The molecule has 0 aliphatic carbocycles. The molecule has 1 aliphatic rings. The van der Waals surface area contributed by atoms with E-state index >= 15 is 0 Å². The summed E-state index contributed by atoms with van der Waals surface area (Å²) in [5.41, 5.74) is 0. The maximum absolute atomic E-state index is 11.5. The second kappa shape index (κ2) is 10.2. The van der Waals surface area contributed by atoms with Crippen molar-refractivity contribution in [3.05, 3.63) is 0 Å².